The van der Waals surface area contributed by atoms with Crippen LogP contribution in [-0.4, -0.2) is 32.5 Å². The van der Waals surface area contributed by atoms with Crippen LogP contribution in [0.25, 0.3) is 0 Å². The number of nitrogens with zero attached hydrogens (tertiary/aromatic N) is 4. The van der Waals surface area contributed by atoms with Gasteiger partial charge in [0.2, 0.25) is 0 Å². The number of aryl methyl sites for hydroxylation is 2. The van der Waals surface area contributed by atoms with Crippen LogP contribution in [0.5, 0.6) is 0 Å². The van der Waals surface area contributed by atoms with E-state index in [1.54, 1.807) is 0 Å². The van der Waals surface area contributed by atoms with Gasteiger partial charge in [-0.05, 0) is 38.9 Å². The number of rotatable bonds is 7. The minimum Gasteiger partial charge on any atom is -0.334 e. The fourth-order valence-electron chi connectivity index (χ4n) is 2.48. The molecule has 0 fully saturated rings. The molecule has 21 heavy (non-hydrogen) atoms. The third-order valence-corrected chi connectivity index (χ3v) is 4.02. The van der Waals surface area contributed by atoms with Crippen molar-refractivity contribution in [2.45, 2.75) is 52.7 Å². The molecule has 0 aliphatic rings. The Morgan fingerprint density at radius 1 is 1.29 bits per heavy atom. The second kappa shape index (κ2) is 7.36. The van der Waals surface area contributed by atoms with Gasteiger partial charge in [-0.3, -0.25) is 9.88 Å². The van der Waals surface area contributed by atoms with Gasteiger partial charge in [0.15, 0.2) is 0 Å². The zero-order chi connectivity index (χ0) is 15.2. The normalized spacial score (nSPS) is 12.8. The van der Waals surface area contributed by atoms with Crippen molar-refractivity contribution in [2.24, 2.45) is 0 Å². The van der Waals surface area contributed by atoms with Gasteiger partial charge in [-0.2, -0.15) is 0 Å². The van der Waals surface area contributed by atoms with Crippen molar-refractivity contribution in [1.29, 1.82) is 0 Å². The molecule has 0 bridgehead atoms. The maximum Gasteiger partial charge on any atom is 0.122 e. The number of aromatic nitrogens is 3. The number of imidazole rings is 1. The summed E-state index contributed by atoms with van der Waals surface area (Å²) in [6, 6.07) is 4.56. The summed E-state index contributed by atoms with van der Waals surface area (Å²) < 4.78 is 2.25. The Kier molecular flexibility index (Phi) is 5.51. The Morgan fingerprint density at radius 2 is 2.10 bits per heavy atom. The average Bonchev–Trinajstić information content (AvgIpc) is 2.89. The molecule has 0 radical (unpaired) electrons. The molecule has 1 unspecified atom stereocenters. The first-order valence-corrected chi connectivity index (χ1v) is 7.72. The van der Waals surface area contributed by atoms with E-state index < -0.39 is 0 Å². The summed E-state index contributed by atoms with van der Waals surface area (Å²) in [5, 5.41) is 0. The van der Waals surface area contributed by atoms with E-state index in [0.29, 0.717) is 6.04 Å². The lowest BCUT2D eigenvalue weighted by Crippen LogP contribution is -2.32. The largest absolute Gasteiger partial charge is 0.334 e. The molecule has 2 aromatic rings. The third-order valence-electron chi connectivity index (χ3n) is 4.02. The van der Waals surface area contributed by atoms with Gasteiger partial charge < -0.3 is 4.57 Å². The predicted molar refractivity (Wildman–Crippen MR) is 86.1 cm³/mol. The molecule has 2 rings (SSSR count). The molecule has 2 aromatic heterocycles. The van der Waals surface area contributed by atoms with E-state index >= 15 is 0 Å². The summed E-state index contributed by atoms with van der Waals surface area (Å²) in [6.45, 7) is 8.49. The lowest BCUT2D eigenvalue weighted by Gasteiger charge is -2.25. The van der Waals surface area contributed by atoms with Crippen LogP contribution in [0.4, 0.5) is 0 Å². The van der Waals surface area contributed by atoms with Gasteiger partial charge in [-0.1, -0.05) is 13.0 Å². The minimum atomic E-state index is 0.436. The van der Waals surface area contributed by atoms with Gasteiger partial charge in [0.05, 0.1) is 6.54 Å². The Labute approximate surface area is 127 Å². The van der Waals surface area contributed by atoms with E-state index in [9.17, 15) is 0 Å². The molecule has 0 saturated carbocycles. The first kappa shape index (κ1) is 15.7. The zero-order valence-electron chi connectivity index (χ0n) is 13.6. The highest BCUT2D eigenvalue weighted by molar-refractivity contribution is 5.18. The second-order valence-corrected chi connectivity index (χ2v) is 5.77. The maximum atomic E-state index is 4.50. The standard InChI is InChI=1S/C17H26N4/c1-5-10-21-11-9-19-17(21)13-20(4)15(3)12-16-14(2)7-6-8-18-16/h6-9,11,15H,5,10,12-13H2,1-4H3. The summed E-state index contributed by atoms with van der Waals surface area (Å²) in [7, 11) is 2.16. The highest BCUT2D eigenvalue weighted by Gasteiger charge is 2.14. The van der Waals surface area contributed by atoms with Gasteiger partial charge in [0.25, 0.3) is 0 Å². The van der Waals surface area contributed by atoms with Crippen molar-refractivity contribution in [2.75, 3.05) is 7.05 Å². The maximum absolute atomic E-state index is 4.50. The van der Waals surface area contributed by atoms with Crippen LogP contribution in [0.1, 0.15) is 37.4 Å². The Morgan fingerprint density at radius 3 is 2.81 bits per heavy atom. The molecule has 4 nitrogen and oxygen atoms in total. The van der Waals surface area contributed by atoms with E-state index in [4.69, 9.17) is 0 Å². The molecule has 0 aromatic carbocycles. The van der Waals surface area contributed by atoms with E-state index in [1.807, 2.05) is 18.5 Å². The SMILES string of the molecule is CCCn1ccnc1CN(C)C(C)Cc1ncccc1C. The molecule has 0 amide bonds. The van der Waals surface area contributed by atoms with Gasteiger partial charge in [-0.15, -0.1) is 0 Å². The molecular formula is C17H26N4. The molecule has 114 valence electrons. The van der Waals surface area contributed by atoms with Crippen LogP contribution in [0.2, 0.25) is 0 Å². The van der Waals surface area contributed by atoms with E-state index in [-0.39, 0.29) is 0 Å². The van der Waals surface area contributed by atoms with Crippen molar-refractivity contribution in [3.8, 4) is 0 Å². The van der Waals surface area contributed by atoms with E-state index in [1.165, 1.54) is 11.3 Å². The number of hydrogen-bond acceptors (Lipinski definition) is 3. The van der Waals surface area contributed by atoms with Crippen LogP contribution in [0, 0.1) is 6.92 Å². The van der Waals surface area contributed by atoms with Gasteiger partial charge in [0.1, 0.15) is 5.82 Å². The molecule has 2 heterocycles. The molecular weight excluding hydrogens is 260 g/mol. The van der Waals surface area contributed by atoms with Gasteiger partial charge >= 0.3 is 0 Å². The smallest absolute Gasteiger partial charge is 0.122 e. The topological polar surface area (TPSA) is 34.0 Å². The Balaban J connectivity index is 1.98. The summed E-state index contributed by atoms with van der Waals surface area (Å²) >= 11 is 0. The van der Waals surface area contributed by atoms with E-state index in [0.717, 1.165) is 31.8 Å². The highest BCUT2D eigenvalue weighted by Crippen LogP contribution is 2.12. The molecule has 0 spiro atoms. The molecule has 1 atom stereocenters. The van der Waals surface area contributed by atoms with Gasteiger partial charge in [-0.25, -0.2) is 4.98 Å². The lowest BCUT2D eigenvalue weighted by atomic mass is 10.1. The van der Waals surface area contributed by atoms with Crippen molar-refractivity contribution >= 4 is 0 Å². The van der Waals surface area contributed by atoms with Crippen LogP contribution in [0.3, 0.4) is 0 Å². The first-order chi connectivity index (χ1) is 10.1. The number of pyridine rings is 1. The van der Waals surface area contributed by atoms with Crippen molar-refractivity contribution in [3.63, 3.8) is 0 Å². The monoisotopic (exact) mass is 286 g/mol. The first-order valence-electron chi connectivity index (χ1n) is 7.72. The van der Waals surface area contributed by atoms with Crippen molar-refractivity contribution in [1.82, 2.24) is 19.4 Å². The predicted octanol–water partition coefficient (Wildman–Crippen LogP) is 3.06. The van der Waals surface area contributed by atoms with Crippen LogP contribution < -0.4 is 0 Å². The molecule has 0 aliphatic heterocycles. The quantitative estimate of drug-likeness (QED) is 0.784. The molecule has 4 heteroatoms. The van der Waals surface area contributed by atoms with Crippen LogP contribution >= 0.6 is 0 Å². The molecule has 0 saturated heterocycles. The lowest BCUT2D eigenvalue weighted by molar-refractivity contribution is 0.237. The highest BCUT2D eigenvalue weighted by atomic mass is 15.2. The van der Waals surface area contributed by atoms with Crippen LogP contribution in [0.15, 0.2) is 30.7 Å². The zero-order valence-corrected chi connectivity index (χ0v) is 13.6. The summed E-state index contributed by atoms with van der Waals surface area (Å²) in [5.41, 5.74) is 2.46. The summed E-state index contributed by atoms with van der Waals surface area (Å²) in [5.74, 6) is 1.14. The minimum absolute atomic E-state index is 0.436. The van der Waals surface area contributed by atoms with Crippen molar-refractivity contribution < 1.29 is 0 Å². The fourth-order valence-corrected chi connectivity index (χ4v) is 2.48. The fraction of sp³-hybridized carbons (Fsp3) is 0.529. The average molecular weight is 286 g/mol. The van der Waals surface area contributed by atoms with Crippen molar-refractivity contribution in [3.05, 3.63) is 47.8 Å². The number of hydrogen-bond donors (Lipinski definition) is 0. The molecule has 0 N–H and O–H groups in total. The number of likely N-dealkylation sites (N-methyl/N-ethyl adjacent to an activating group) is 1. The van der Waals surface area contributed by atoms with Gasteiger partial charge in [0, 0.05) is 43.3 Å². The second-order valence-electron chi connectivity index (χ2n) is 5.77. The summed E-state index contributed by atoms with van der Waals surface area (Å²) in [6.07, 6.45) is 7.95. The summed E-state index contributed by atoms with van der Waals surface area (Å²) in [4.78, 5) is 11.3. The third kappa shape index (κ3) is 4.14. The Hall–Kier alpha value is -1.68. The van der Waals surface area contributed by atoms with Crippen LogP contribution in [-0.2, 0) is 19.5 Å². The van der Waals surface area contributed by atoms with E-state index in [2.05, 4.69) is 59.5 Å². The molecule has 0 aliphatic carbocycles. The Bertz CT molecular complexity index is 561.